The highest BCUT2D eigenvalue weighted by molar-refractivity contribution is 5.92. The Morgan fingerprint density at radius 2 is 1.79 bits per heavy atom. The summed E-state index contributed by atoms with van der Waals surface area (Å²) in [6.07, 6.45) is 0. The Morgan fingerprint density at radius 3 is 2.47 bits per heavy atom. The summed E-state index contributed by atoms with van der Waals surface area (Å²) in [7, 11) is 0. The number of aryl methyl sites for hydroxylation is 1. The lowest BCUT2D eigenvalue weighted by Crippen LogP contribution is -2.10. The Kier molecular flexibility index (Phi) is 4.00. The van der Waals surface area contributed by atoms with Crippen LogP contribution < -0.4 is 4.74 Å². The van der Waals surface area contributed by atoms with Gasteiger partial charge in [0.1, 0.15) is 5.75 Å². The van der Waals surface area contributed by atoms with Gasteiger partial charge in [-0.15, -0.1) is 0 Å². The summed E-state index contributed by atoms with van der Waals surface area (Å²) < 4.78 is 5.43. The molecule has 0 unspecified atom stereocenters. The van der Waals surface area contributed by atoms with Gasteiger partial charge in [-0.1, -0.05) is 44.2 Å². The highest BCUT2D eigenvalue weighted by Gasteiger charge is 2.11. The number of esters is 1. The third-order valence-electron chi connectivity index (χ3n) is 3.10. The monoisotopic (exact) mass is 254 g/mol. The van der Waals surface area contributed by atoms with E-state index in [1.807, 2.05) is 49.4 Å². The van der Waals surface area contributed by atoms with Crippen LogP contribution in [0.5, 0.6) is 5.75 Å². The zero-order valence-electron chi connectivity index (χ0n) is 11.5. The molecule has 0 heterocycles. The Morgan fingerprint density at radius 1 is 1.05 bits per heavy atom. The molecule has 2 heteroatoms. The summed E-state index contributed by atoms with van der Waals surface area (Å²) in [6.45, 7) is 6.13. The van der Waals surface area contributed by atoms with Crippen LogP contribution in [-0.4, -0.2) is 5.97 Å². The minimum atomic E-state index is -0.306. The summed E-state index contributed by atoms with van der Waals surface area (Å²) in [4.78, 5) is 12.1. The van der Waals surface area contributed by atoms with Gasteiger partial charge in [0.25, 0.3) is 0 Å². The van der Waals surface area contributed by atoms with E-state index in [1.54, 1.807) is 6.07 Å². The molecule has 0 fully saturated rings. The summed E-state index contributed by atoms with van der Waals surface area (Å²) >= 11 is 0. The fourth-order valence-corrected chi connectivity index (χ4v) is 1.90. The van der Waals surface area contributed by atoms with Gasteiger partial charge < -0.3 is 4.74 Å². The van der Waals surface area contributed by atoms with E-state index in [4.69, 9.17) is 4.74 Å². The molecule has 98 valence electrons. The molecule has 0 atom stereocenters. The fourth-order valence-electron chi connectivity index (χ4n) is 1.90. The van der Waals surface area contributed by atoms with Crippen molar-refractivity contribution in [3.63, 3.8) is 0 Å². The van der Waals surface area contributed by atoms with Crippen LogP contribution in [0.25, 0.3) is 0 Å². The van der Waals surface area contributed by atoms with E-state index >= 15 is 0 Å². The number of carbonyl (C=O) groups is 1. The first kappa shape index (κ1) is 13.3. The second kappa shape index (κ2) is 5.70. The van der Waals surface area contributed by atoms with Gasteiger partial charge in [-0.3, -0.25) is 0 Å². The van der Waals surface area contributed by atoms with Crippen LogP contribution >= 0.6 is 0 Å². The smallest absolute Gasteiger partial charge is 0.343 e. The molecule has 0 saturated heterocycles. The van der Waals surface area contributed by atoms with Gasteiger partial charge in [0.2, 0.25) is 0 Å². The van der Waals surface area contributed by atoms with Crippen LogP contribution in [0.2, 0.25) is 0 Å². The number of carbonyl (C=O) groups excluding carboxylic acids is 1. The van der Waals surface area contributed by atoms with Crippen molar-refractivity contribution < 1.29 is 9.53 Å². The lowest BCUT2D eigenvalue weighted by molar-refractivity contribution is 0.0734. The quantitative estimate of drug-likeness (QED) is 0.601. The van der Waals surface area contributed by atoms with E-state index in [1.165, 1.54) is 0 Å². The van der Waals surface area contributed by atoms with Gasteiger partial charge in [-0.2, -0.15) is 0 Å². The van der Waals surface area contributed by atoms with E-state index in [2.05, 4.69) is 13.8 Å². The second-order valence-electron chi connectivity index (χ2n) is 4.93. The maximum atomic E-state index is 12.1. The van der Waals surface area contributed by atoms with Crippen molar-refractivity contribution in [2.45, 2.75) is 26.7 Å². The molecule has 0 N–H and O–H groups in total. The van der Waals surface area contributed by atoms with Crippen molar-refractivity contribution in [1.29, 1.82) is 0 Å². The molecule has 2 nitrogen and oxygen atoms in total. The summed E-state index contributed by atoms with van der Waals surface area (Å²) in [5.74, 6) is 0.704. The average molecular weight is 254 g/mol. The van der Waals surface area contributed by atoms with Crippen molar-refractivity contribution in [2.24, 2.45) is 0 Å². The molecule has 2 aromatic carbocycles. The van der Waals surface area contributed by atoms with Crippen LogP contribution in [0.3, 0.4) is 0 Å². The topological polar surface area (TPSA) is 26.3 Å². The van der Waals surface area contributed by atoms with Crippen LogP contribution in [0.4, 0.5) is 0 Å². The van der Waals surface area contributed by atoms with Gasteiger partial charge in [-0.25, -0.2) is 4.79 Å². The SMILES string of the molecule is Cc1ccccc1C(=O)Oc1cccc(C(C)C)c1. The average Bonchev–Trinajstić information content (AvgIpc) is 2.39. The number of rotatable bonds is 3. The van der Waals surface area contributed by atoms with Gasteiger partial charge in [0.05, 0.1) is 5.56 Å². The molecule has 0 aromatic heterocycles. The lowest BCUT2D eigenvalue weighted by Gasteiger charge is -2.09. The van der Waals surface area contributed by atoms with Gasteiger partial charge >= 0.3 is 5.97 Å². The van der Waals surface area contributed by atoms with E-state index < -0.39 is 0 Å². The molecule has 0 aliphatic rings. The molecular formula is C17H18O2. The normalized spacial score (nSPS) is 10.5. The minimum Gasteiger partial charge on any atom is -0.423 e. The molecule has 0 aliphatic heterocycles. The van der Waals surface area contributed by atoms with Crippen molar-refractivity contribution in [1.82, 2.24) is 0 Å². The molecule has 0 radical (unpaired) electrons. The molecule has 0 amide bonds. The first-order valence-electron chi connectivity index (χ1n) is 6.45. The fraction of sp³-hybridized carbons (Fsp3) is 0.235. The lowest BCUT2D eigenvalue weighted by atomic mass is 10.0. The van der Waals surface area contributed by atoms with Gasteiger partial charge in [-0.05, 0) is 42.2 Å². The number of ether oxygens (including phenoxy) is 1. The standard InChI is InChI=1S/C17H18O2/c1-12(2)14-8-6-9-15(11-14)19-17(18)16-10-5-4-7-13(16)3/h4-12H,1-3H3. The summed E-state index contributed by atoms with van der Waals surface area (Å²) in [5, 5.41) is 0. The maximum Gasteiger partial charge on any atom is 0.343 e. The van der Waals surface area contributed by atoms with Crippen molar-refractivity contribution in [2.75, 3.05) is 0 Å². The molecule has 2 aromatic rings. The number of benzene rings is 2. The van der Waals surface area contributed by atoms with Crippen LogP contribution in [0, 0.1) is 6.92 Å². The highest BCUT2D eigenvalue weighted by atomic mass is 16.5. The Labute approximate surface area is 114 Å². The van der Waals surface area contributed by atoms with E-state index in [-0.39, 0.29) is 5.97 Å². The zero-order chi connectivity index (χ0) is 13.8. The minimum absolute atomic E-state index is 0.306. The Bertz CT molecular complexity index is 585. The van der Waals surface area contributed by atoms with Gasteiger partial charge in [0.15, 0.2) is 0 Å². The molecule has 0 bridgehead atoms. The molecule has 0 spiro atoms. The van der Waals surface area contributed by atoms with Crippen molar-refractivity contribution in [3.05, 3.63) is 65.2 Å². The first-order chi connectivity index (χ1) is 9.08. The van der Waals surface area contributed by atoms with E-state index in [0.29, 0.717) is 17.2 Å². The summed E-state index contributed by atoms with van der Waals surface area (Å²) in [5.41, 5.74) is 2.69. The maximum absolute atomic E-state index is 12.1. The van der Waals surface area contributed by atoms with Crippen LogP contribution in [-0.2, 0) is 0 Å². The third kappa shape index (κ3) is 3.22. The molecule has 2 rings (SSSR count). The molecular weight excluding hydrogens is 236 g/mol. The number of hydrogen-bond acceptors (Lipinski definition) is 2. The zero-order valence-corrected chi connectivity index (χ0v) is 11.5. The van der Waals surface area contributed by atoms with Crippen molar-refractivity contribution in [3.8, 4) is 5.75 Å². The van der Waals surface area contributed by atoms with Crippen LogP contribution in [0.1, 0.15) is 41.3 Å². The Balaban J connectivity index is 2.20. The first-order valence-corrected chi connectivity index (χ1v) is 6.45. The third-order valence-corrected chi connectivity index (χ3v) is 3.10. The van der Waals surface area contributed by atoms with Crippen LogP contribution in [0.15, 0.2) is 48.5 Å². The second-order valence-corrected chi connectivity index (χ2v) is 4.93. The molecule has 19 heavy (non-hydrogen) atoms. The molecule has 0 aliphatic carbocycles. The Hall–Kier alpha value is -2.09. The number of hydrogen-bond donors (Lipinski definition) is 0. The largest absolute Gasteiger partial charge is 0.423 e. The van der Waals surface area contributed by atoms with E-state index in [9.17, 15) is 4.79 Å². The van der Waals surface area contributed by atoms with Crippen molar-refractivity contribution >= 4 is 5.97 Å². The predicted octanol–water partition coefficient (Wildman–Crippen LogP) is 4.34. The highest BCUT2D eigenvalue weighted by Crippen LogP contribution is 2.21. The predicted molar refractivity (Wildman–Crippen MR) is 76.7 cm³/mol. The van der Waals surface area contributed by atoms with Gasteiger partial charge in [0, 0.05) is 0 Å². The molecule has 0 saturated carbocycles. The summed E-state index contributed by atoms with van der Waals surface area (Å²) in [6, 6.07) is 15.1. The van der Waals surface area contributed by atoms with E-state index in [0.717, 1.165) is 11.1 Å².